The Morgan fingerprint density at radius 3 is 2.36 bits per heavy atom. The van der Waals surface area contributed by atoms with E-state index in [0.29, 0.717) is 5.70 Å². The number of urea groups is 1. The smallest absolute Gasteiger partial charge is 0.321 e. The van der Waals surface area contributed by atoms with Gasteiger partial charge in [-0.05, 0) is 13.5 Å². The van der Waals surface area contributed by atoms with Crippen molar-refractivity contribution >= 4 is 6.03 Å². The van der Waals surface area contributed by atoms with Crippen molar-refractivity contribution in [2.45, 2.75) is 13.8 Å². The monoisotopic (exact) mass is 197 g/mol. The van der Waals surface area contributed by atoms with Crippen LogP contribution in [-0.4, -0.2) is 48.6 Å². The Labute approximate surface area is 85.6 Å². The van der Waals surface area contributed by atoms with Crippen LogP contribution < -0.4 is 5.32 Å². The number of carbonyl (C=O) groups is 1. The molecule has 80 valence electrons. The van der Waals surface area contributed by atoms with Crippen molar-refractivity contribution in [2.75, 3.05) is 32.7 Å². The summed E-state index contributed by atoms with van der Waals surface area (Å²) in [7, 11) is 0. The molecule has 1 rings (SSSR count). The number of amides is 2. The van der Waals surface area contributed by atoms with Crippen molar-refractivity contribution in [3.05, 3.63) is 12.3 Å². The summed E-state index contributed by atoms with van der Waals surface area (Å²) in [5.41, 5.74) is 0.702. The lowest BCUT2D eigenvalue weighted by Crippen LogP contribution is -2.51. The Kier molecular flexibility index (Phi) is 3.95. The second kappa shape index (κ2) is 5.00. The molecule has 4 heteroatoms. The van der Waals surface area contributed by atoms with Gasteiger partial charge in [0, 0.05) is 31.9 Å². The zero-order valence-corrected chi connectivity index (χ0v) is 9.05. The maximum absolute atomic E-state index is 11.5. The van der Waals surface area contributed by atoms with E-state index in [0.717, 1.165) is 32.7 Å². The average molecular weight is 197 g/mol. The Morgan fingerprint density at radius 1 is 1.36 bits per heavy atom. The van der Waals surface area contributed by atoms with E-state index in [2.05, 4.69) is 23.7 Å². The molecule has 0 radical (unpaired) electrons. The first-order valence-corrected chi connectivity index (χ1v) is 5.07. The third-order valence-electron chi connectivity index (χ3n) is 2.43. The topological polar surface area (TPSA) is 35.6 Å². The van der Waals surface area contributed by atoms with Crippen molar-refractivity contribution in [3.63, 3.8) is 0 Å². The third-order valence-corrected chi connectivity index (χ3v) is 2.43. The number of hydrogen-bond donors (Lipinski definition) is 1. The molecule has 0 unspecified atom stereocenters. The number of likely N-dealkylation sites (N-methyl/N-ethyl adjacent to an activating group) is 1. The molecule has 1 aliphatic heterocycles. The lowest BCUT2D eigenvalue weighted by atomic mass is 10.3. The van der Waals surface area contributed by atoms with Gasteiger partial charge < -0.3 is 15.1 Å². The number of nitrogens with zero attached hydrogens (tertiary/aromatic N) is 2. The van der Waals surface area contributed by atoms with E-state index in [9.17, 15) is 4.79 Å². The molecule has 1 heterocycles. The van der Waals surface area contributed by atoms with Crippen LogP contribution in [0.3, 0.4) is 0 Å². The first kappa shape index (κ1) is 11.0. The summed E-state index contributed by atoms with van der Waals surface area (Å²) in [4.78, 5) is 15.7. The molecule has 14 heavy (non-hydrogen) atoms. The van der Waals surface area contributed by atoms with Crippen molar-refractivity contribution < 1.29 is 4.79 Å². The van der Waals surface area contributed by atoms with Crippen LogP contribution in [0.25, 0.3) is 0 Å². The molecule has 1 saturated heterocycles. The molecule has 0 bridgehead atoms. The molecular weight excluding hydrogens is 178 g/mol. The number of rotatable bonds is 2. The predicted octanol–water partition coefficient (Wildman–Crippen LogP) is 0.867. The van der Waals surface area contributed by atoms with E-state index in [1.54, 1.807) is 6.92 Å². The normalized spacial score (nSPS) is 18.0. The highest BCUT2D eigenvalue weighted by Gasteiger charge is 2.19. The molecule has 1 aliphatic rings. The Bertz CT molecular complexity index is 219. The second-order valence-corrected chi connectivity index (χ2v) is 3.63. The largest absolute Gasteiger partial charge is 0.322 e. The minimum absolute atomic E-state index is 0.0201. The molecule has 2 amide bonds. The highest BCUT2D eigenvalue weighted by molar-refractivity contribution is 5.75. The lowest BCUT2D eigenvalue weighted by Gasteiger charge is -2.33. The minimum Gasteiger partial charge on any atom is -0.322 e. The number of nitrogens with one attached hydrogen (secondary N) is 1. The van der Waals surface area contributed by atoms with Crippen molar-refractivity contribution in [1.82, 2.24) is 15.1 Å². The van der Waals surface area contributed by atoms with Crippen LogP contribution in [0, 0.1) is 0 Å². The van der Waals surface area contributed by atoms with E-state index < -0.39 is 0 Å². The fraction of sp³-hybridized carbons (Fsp3) is 0.700. The molecule has 0 atom stereocenters. The number of piperazine rings is 1. The number of carbonyl (C=O) groups excluding carboxylic acids is 1. The van der Waals surface area contributed by atoms with Gasteiger partial charge in [-0.3, -0.25) is 0 Å². The lowest BCUT2D eigenvalue weighted by molar-refractivity contribution is 0.144. The molecule has 0 aromatic heterocycles. The summed E-state index contributed by atoms with van der Waals surface area (Å²) in [6, 6.07) is -0.0201. The Balaban J connectivity index is 2.34. The van der Waals surface area contributed by atoms with Gasteiger partial charge in [-0.2, -0.15) is 0 Å². The van der Waals surface area contributed by atoms with Crippen LogP contribution >= 0.6 is 0 Å². The SMILES string of the molecule is C=C(C)NC(=O)N1CCN(CC)CC1. The summed E-state index contributed by atoms with van der Waals surface area (Å²) in [5.74, 6) is 0. The van der Waals surface area contributed by atoms with Gasteiger partial charge in [-0.15, -0.1) is 0 Å². The number of allylic oxidation sites excluding steroid dienone is 1. The highest BCUT2D eigenvalue weighted by atomic mass is 16.2. The standard InChI is InChI=1S/C10H19N3O/c1-4-12-5-7-13(8-6-12)10(14)11-9(2)3/h2,4-8H2,1,3H3,(H,11,14). The van der Waals surface area contributed by atoms with E-state index >= 15 is 0 Å². The summed E-state index contributed by atoms with van der Waals surface area (Å²) < 4.78 is 0. The van der Waals surface area contributed by atoms with Gasteiger partial charge in [-0.25, -0.2) is 4.79 Å². The van der Waals surface area contributed by atoms with Crippen molar-refractivity contribution in [2.24, 2.45) is 0 Å². The Morgan fingerprint density at radius 2 is 1.93 bits per heavy atom. The molecule has 0 saturated carbocycles. The fourth-order valence-electron chi connectivity index (χ4n) is 1.53. The van der Waals surface area contributed by atoms with Crippen LogP contribution in [0.15, 0.2) is 12.3 Å². The molecule has 4 nitrogen and oxygen atoms in total. The van der Waals surface area contributed by atoms with Gasteiger partial charge in [0.05, 0.1) is 0 Å². The summed E-state index contributed by atoms with van der Waals surface area (Å²) >= 11 is 0. The van der Waals surface area contributed by atoms with E-state index in [4.69, 9.17) is 0 Å². The van der Waals surface area contributed by atoms with E-state index in [-0.39, 0.29) is 6.03 Å². The van der Waals surface area contributed by atoms with Crippen LogP contribution in [0.5, 0.6) is 0 Å². The molecule has 1 N–H and O–H groups in total. The van der Waals surface area contributed by atoms with Gasteiger partial charge in [-0.1, -0.05) is 13.5 Å². The van der Waals surface area contributed by atoms with Crippen molar-refractivity contribution in [3.8, 4) is 0 Å². The molecular formula is C10H19N3O. The van der Waals surface area contributed by atoms with E-state index in [1.807, 2.05) is 4.90 Å². The van der Waals surface area contributed by atoms with Crippen molar-refractivity contribution in [1.29, 1.82) is 0 Å². The van der Waals surface area contributed by atoms with Crippen LogP contribution in [-0.2, 0) is 0 Å². The van der Waals surface area contributed by atoms with Crippen LogP contribution in [0.4, 0.5) is 4.79 Å². The van der Waals surface area contributed by atoms with Gasteiger partial charge in [0.15, 0.2) is 0 Å². The average Bonchev–Trinajstić information content (AvgIpc) is 2.17. The van der Waals surface area contributed by atoms with Gasteiger partial charge >= 0.3 is 6.03 Å². The second-order valence-electron chi connectivity index (χ2n) is 3.63. The van der Waals surface area contributed by atoms with Crippen LogP contribution in [0.2, 0.25) is 0 Å². The molecule has 1 fully saturated rings. The summed E-state index contributed by atoms with van der Waals surface area (Å²) in [6.07, 6.45) is 0. The maximum atomic E-state index is 11.5. The van der Waals surface area contributed by atoms with Crippen LogP contribution in [0.1, 0.15) is 13.8 Å². The maximum Gasteiger partial charge on any atom is 0.321 e. The Hall–Kier alpha value is -1.03. The third kappa shape index (κ3) is 3.03. The molecule has 0 aliphatic carbocycles. The molecule has 0 spiro atoms. The zero-order chi connectivity index (χ0) is 10.6. The van der Waals surface area contributed by atoms with Gasteiger partial charge in [0.25, 0.3) is 0 Å². The van der Waals surface area contributed by atoms with Gasteiger partial charge in [0.2, 0.25) is 0 Å². The fourth-order valence-corrected chi connectivity index (χ4v) is 1.53. The zero-order valence-electron chi connectivity index (χ0n) is 9.05. The quantitative estimate of drug-likeness (QED) is 0.713. The number of hydrogen-bond acceptors (Lipinski definition) is 2. The van der Waals surface area contributed by atoms with Gasteiger partial charge in [0.1, 0.15) is 0 Å². The van der Waals surface area contributed by atoms with E-state index in [1.165, 1.54) is 0 Å². The molecule has 0 aromatic rings. The summed E-state index contributed by atoms with van der Waals surface area (Å²) in [6.45, 7) is 12.2. The first-order valence-electron chi connectivity index (χ1n) is 5.07. The summed E-state index contributed by atoms with van der Waals surface area (Å²) in [5, 5.41) is 2.72. The molecule has 0 aromatic carbocycles. The minimum atomic E-state index is -0.0201. The first-order chi connectivity index (χ1) is 6.63. The highest BCUT2D eigenvalue weighted by Crippen LogP contribution is 2.01. The predicted molar refractivity (Wildman–Crippen MR) is 57.0 cm³/mol.